The van der Waals surface area contributed by atoms with Crippen molar-refractivity contribution in [2.24, 2.45) is 0 Å². The van der Waals surface area contributed by atoms with Crippen LogP contribution in [0.25, 0.3) is 6.08 Å². The fourth-order valence-corrected chi connectivity index (χ4v) is 1.99. The molecular formula is C20H19NO5. The Bertz CT molecular complexity index is 820. The molecule has 26 heavy (non-hydrogen) atoms. The largest absolute Gasteiger partial charge is 0.484 e. The monoisotopic (exact) mass is 353 g/mol. The number of benzene rings is 2. The number of hydrogen-bond donors (Lipinski definition) is 1. The van der Waals surface area contributed by atoms with Gasteiger partial charge in [0.1, 0.15) is 5.75 Å². The third-order valence-electron chi connectivity index (χ3n) is 3.58. The fraction of sp³-hybridized carbons (Fsp3) is 0.150. The zero-order valence-electron chi connectivity index (χ0n) is 14.5. The van der Waals surface area contributed by atoms with Crippen molar-refractivity contribution in [2.45, 2.75) is 0 Å². The van der Waals surface area contributed by atoms with Crippen molar-refractivity contribution in [3.63, 3.8) is 0 Å². The number of rotatable bonds is 7. The van der Waals surface area contributed by atoms with Crippen LogP contribution in [0.5, 0.6) is 5.75 Å². The van der Waals surface area contributed by atoms with Gasteiger partial charge in [-0.25, -0.2) is 4.79 Å². The number of carboxylic acid groups (broad SMARTS) is 1. The Morgan fingerprint density at radius 1 is 0.962 bits per heavy atom. The highest BCUT2D eigenvalue weighted by molar-refractivity contribution is 6.06. The summed E-state index contributed by atoms with van der Waals surface area (Å²) in [7, 11) is 3.30. The van der Waals surface area contributed by atoms with E-state index in [0.717, 1.165) is 5.56 Å². The van der Waals surface area contributed by atoms with Crippen LogP contribution in [0.3, 0.4) is 0 Å². The van der Waals surface area contributed by atoms with Gasteiger partial charge >= 0.3 is 5.97 Å². The summed E-state index contributed by atoms with van der Waals surface area (Å²) in [5.41, 5.74) is 1.40. The maximum absolute atomic E-state index is 12.2. The Morgan fingerprint density at radius 3 is 2.08 bits per heavy atom. The lowest BCUT2D eigenvalue weighted by Crippen LogP contribution is -2.27. The van der Waals surface area contributed by atoms with Crippen molar-refractivity contribution >= 4 is 23.7 Å². The molecule has 0 heterocycles. The van der Waals surface area contributed by atoms with Crippen LogP contribution in [0.1, 0.15) is 26.3 Å². The first-order chi connectivity index (χ1) is 12.4. The highest BCUT2D eigenvalue weighted by Crippen LogP contribution is 2.14. The van der Waals surface area contributed by atoms with Crippen molar-refractivity contribution in [3.8, 4) is 5.75 Å². The van der Waals surface area contributed by atoms with Crippen molar-refractivity contribution in [1.29, 1.82) is 0 Å². The van der Waals surface area contributed by atoms with Gasteiger partial charge in [-0.2, -0.15) is 0 Å². The first-order valence-corrected chi connectivity index (χ1v) is 7.85. The number of hydrogen-bond acceptors (Lipinski definition) is 4. The Morgan fingerprint density at radius 2 is 1.54 bits per heavy atom. The van der Waals surface area contributed by atoms with Crippen molar-refractivity contribution in [3.05, 3.63) is 71.3 Å². The van der Waals surface area contributed by atoms with E-state index in [0.29, 0.717) is 11.3 Å². The van der Waals surface area contributed by atoms with Gasteiger partial charge < -0.3 is 14.7 Å². The molecule has 0 spiro atoms. The highest BCUT2D eigenvalue weighted by Gasteiger charge is 2.06. The lowest BCUT2D eigenvalue weighted by Gasteiger charge is -2.11. The Hall–Kier alpha value is -3.41. The van der Waals surface area contributed by atoms with Gasteiger partial charge in [0.25, 0.3) is 5.91 Å². The summed E-state index contributed by atoms with van der Waals surface area (Å²) in [5.74, 6) is -0.832. The maximum atomic E-state index is 12.2. The molecule has 0 atom stereocenters. The average molecular weight is 353 g/mol. The minimum absolute atomic E-state index is 0.0630. The summed E-state index contributed by atoms with van der Waals surface area (Å²) < 4.78 is 5.36. The number of nitrogens with zero attached hydrogens (tertiary/aromatic N) is 1. The molecule has 134 valence electrons. The quantitative estimate of drug-likeness (QED) is 0.611. The summed E-state index contributed by atoms with van der Waals surface area (Å²) in [6.45, 7) is -0.0630. The molecule has 0 aliphatic heterocycles. The molecule has 2 rings (SSSR count). The van der Waals surface area contributed by atoms with Crippen LogP contribution in [-0.4, -0.2) is 48.4 Å². The number of carbonyl (C=O) groups excluding carboxylic acids is 2. The van der Waals surface area contributed by atoms with Gasteiger partial charge in [0.15, 0.2) is 12.4 Å². The van der Waals surface area contributed by atoms with Gasteiger partial charge in [0.05, 0.1) is 5.56 Å². The van der Waals surface area contributed by atoms with E-state index in [2.05, 4.69) is 0 Å². The molecule has 0 radical (unpaired) electrons. The second-order valence-corrected chi connectivity index (χ2v) is 5.73. The van der Waals surface area contributed by atoms with Gasteiger partial charge in [-0.1, -0.05) is 18.2 Å². The highest BCUT2D eigenvalue weighted by atomic mass is 16.5. The van der Waals surface area contributed by atoms with Crippen molar-refractivity contribution in [2.75, 3.05) is 20.7 Å². The molecule has 0 aliphatic rings. The molecule has 6 heteroatoms. The lowest BCUT2D eigenvalue weighted by molar-refractivity contribution is -0.130. The van der Waals surface area contributed by atoms with Gasteiger partial charge in [-0.3, -0.25) is 9.59 Å². The lowest BCUT2D eigenvalue weighted by atomic mass is 10.1. The first kappa shape index (κ1) is 18.9. The molecule has 0 saturated carbocycles. The number of ketones is 1. The minimum atomic E-state index is -0.994. The molecule has 0 saturated heterocycles. The SMILES string of the molecule is CN(C)C(=O)COc1ccc(C(=O)/C=C/c2ccc(C(=O)O)cc2)cc1. The molecule has 2 aromatic carbocycles. The van der Waals surface area contributed by atoms with Crippen LogP contribution in [0.2, 0.25) is 0 Å². The van der Waals surface area contributed by atoms with Gasteiger partial charge in [0.2, 0.25) is 0 Å². The molecule has 0 aromatic heterocycles. The van der Waals surface area contributed by atoms with Crippen molar-refractivity contribution < 1.29 is 24.2 Å². The van der Waals surface area contributed by atoms with Crippen LogP contribution in [-0.2, 0) is 4.79 Å². The molecular weight excluding hydrogens is 334 g/mol. The van der Waals surface area contributed by atoms with E-state index >= 15 is 0 Å². The number of allylic oxidation sites excluding steroid dienone is 1. The number of ether oxygens (including phenoxy) is 1. The van der Waals surface area contributed by atoms with Crippen molar-refractivity contribution in [1.82, 2.24) is 4.90 Å². The summed E-state index contributed by atoms with van der Waals surface area (Å²) in [6.07, 6.45) is 3.04. The smallest absolute Gasteiger partial charge is 0.335 e. The average Bonchev–Trinajstić information content (AvgIpc) is 2.64. The number of amides is 1. The van der Waals surface area contributed by atoms with Gasteiger partial charge in [-0.15, -0.1) is 0 Å². The summed E-state index contributed by atoms with van der Waals surface area (Å²) >= 11 is 0. The number of likely N-dealkylation sites (N-methyl/N-ethyl adjacent to an activating group) is 1. The van der Waals surface area contributed by atoms with Crippen LogP contribution in [0.15, 0.2) is 54.6 Å². The fourth-order valence-electron chi connectivity index (χ4n) is 1.99. The standard InChI is InChI=1S/C20H19NO5/c1-21(2)19(23)13-26-17-10-8-15(9-11-17)18(22)12-5-14-3-6-16(7-4-14)20(24)25/h3-12H,13H2,1-2H3,(H,24,25)/b12-5+. The summed E-state index contributed by atoms with van der Waals surface area (Å²) in [6, 6.07) is 12.7. The van der Waals surface area contributed by atoms with Crippen LogP contribution >= 0.6 is 0 Å². The summed E-state index contributed by atoms with van der Waals surface area (Å²) in [4.78, 5) is 35.9. The molecule has 0 fully saturated rings. The zero-order chi connectivity index (χ0) is 19.1. The third-order valence-corrected chi connectivity index (χ3v) is 3.58. The number of aromatic carboxylic acids is 1. The normalized spacial score (nSPS) is 10.5. The Labute approximate surface area is 151 Å². The van der Waals surface area contributed by atoms with E-state index in [1.807, 2.05) is 0 Å². The first-order valence-electron chi connectivity index (χ1n) is 7.85. The Balaban J connectivity index is 1.96. The van der Waals surface area contributed by atoms with Crippen LogP contribution in [0.4, 0.5) is 0 Å². The number of carbonyl (C=O) groups is 3. The predicted octanol–water partition coefficient (Wildman–Crippen LogP) is 2.75. The zero-order valence-corrected chi connectivity index (χ0v) is 14.5. The molecule has 0 aliphatic carbocycles. The molecule has 2 aromatic rings. The molecule has 1 amide bonds. The van der Waals surface area contributed by atoms with Gasteiger partial charge in [-0.05, 0) is 48.0 Å². The number of carboxylic acids is 1. The molecule has 0 unspecified atom stereocenters. The van der Waals surface area contributed by atoms with E-state index < -0.39 is 5.97 Å². The van der Waals surface area contributed by atoms with E-state index in [1.54, 1.807) is 56.6 Å². The topological polar surface area (TPSA) is 83.9 Å². The Kier molecular flexibility index (Phi) is 6.27. The molecule has 0 bridgehead atoms. The predicted molar refractivity (Wildman–Crippen MR) is 97.4 cm³/mol. The second-order valence-electron chi connectivity index (χ2n) is 5.73. The van der Waals surface area contributed by atoms with E-state index in [-0.39, 0.29) is 23.9 Å². The molecule has 6 nitrogen and oxygen atoms in total. The molecule has 1 N–H and O–H groups in total. The van der Waals surface area contributed by atoms with E-state index in [4.69, 9.17) is 9.84 Å². The second kappa shape index (κ2) is 8.62. The van der Waals surface area contributed by atoms with Crippen LogP contribution in [0, 0.1) is 0 Å². The van der Waals surface area contributed by atoms with E-state index in [1.165, 1.54) is 23.1 Å². The third kappa shape index (κ3) is 5.31. The maximum Gasteiger partial charge on any atom is 0.335 e. The van der Waals surface area contributed by atoms with E-state index in [9.17, 15) is 14.4 Å². The van der Waals surface area contributed by atoms with Gasteiger partial charge in [0, 0.05) is 19.7 Å². The summed E-state index contributed by atoms with van der Waals surface area (Å²) in [5, 5.41) is 8.86. The van der Waals surface area contributed by atoms with Crippen LogP contribution < -0.4 is 4.74 Å². The minimum Gasteiger partial charge on any atom is -0.484 e.